The minimum absolute atomic E-state index is 0.0282. The molecule has 0 spiro atoms. The molecular weight excluding hydrogens is 282 g/mol. The van der Waals surface area contributed by atoms with Crippen LogP contribution in [0.3, 0.4) is 0 Å². The summed E-state index contributed by atoms with van der Waals surface area (Å²) in [5.74, 6) is -1.14. The highest BCUT2D eigenvalue weighted by atomic mass is 35.5. The fourth-order valence-electron chi connectivity index (χ4n) is 2.10. The molecule has 1 heterocycles. The number of benzene rings is 1. The summed E-state index contributed by atoms with van der Waals surface area (Å²) in [7, 11) is 0. The average Bonchev–Trinajstić information content (AvgIpc) is 2.41. The van der Waals surface area contributed by atoms with Gasteiger partial charge >= 0.3 is 12.0 Å². The maximum Gasteiger partial charge on any atom is 0.337 e. The smallest absolute Gasteiger partial charge is 0.337 e. The van der Waals surface area contributed by atoms with Gasteiger partial charge in [0.05, 0.1) is 11.3 Å². The van der Waals surface area contributed by atoms with Gasteiger partial charge in [-0.15, -0.1) is 0 Å². The second-order valence-corrected chi connectivity index (χ2v) is 5.19. The number of rotatable bonds is 2. The zero-order valence-electron chi connectivity index (χ0n) is 10.8. The zero-order chi connectivity index (χ0) is 14.7. The number of likely N-dealkylation sites (tertiary alicyclic amines) is 1. The second-order valence-electron chi connectivity index (χ2n) is 4.75. The number of nitrogens with one attached hydrogen (secondary N) is 1. The molecular formula is C13H16ClN3O3. The number of carbonyl (C=O) groups is 2. The molecule has 4 N–H and O–H groups in total. The summed E-state index contributed by atoms with van der Waals surface area (Å²) < 4.78 is 0. The Hall–Kier alpha value is -1.79. The molecule has 0 aliphatic carbocycles. The number of anilines is 1. The molecule has 2 amide bonds. The van der Waals surface area contributed by atoms with Crippen LogP contribution in [0.2, 0.25) is 5.02 Å². The number of aromatic carboxylic acids is 1. The Bertz CT molecular complexity index is 528. The first kappa shape index (κ1) is 14.6. The third-order valence-corrected chi connectivity index (χ3v) is 3.52. The Morgan fingerprint density at radius 3 is 2.60 bits per heavy atom. The van der Waals surface area contributed by atoms with E-state index in [2.05, 4.69) is 5.32 Å². The molecule has 2 rings (SSSR count). The van der Waals surface area contributed by atoms with E-state index in [0.717, 1.165) is 12.8 Å². The molecule has 0 bridgehead atoms. The number of urea groups is 1. The number of hydrogen-bond acceptors (Lipinski definition) is 3. The molecule has 1 aliphatic rings. The van der Waals surface area contributed by atoms with Gasteiger partial charge in [0, 0.05) is 24.2 Å². The van der Waals surface area contributed by atoms with Gasteiger partial charge in [-0.1, -0.05) is 11.6 Å². The molecule has 1 saturated heterocycles. The van der Waals surface area contributed by atoms with E-state index in [1.54, 1.807) is 4.90 Å². The Morgan fingerprint density at radius 1 is 1.35 bits per heavy atom. The van der Waals surface area contributed by atoms with Crippen molar-refractivity contribution in [2.45, 2.75) is 18.9 Å². The maximum absolute atomic E-state index is 12.1. The van der Waals surface area contributed by atoms with E-state index in [4.69, 9.17) is 22.4 Å². The van der Waals surface area contributed by atoms with Gasteiger partial charge in [-0.25, -0.2) is 9.59 Å². The molecule has 0 radical (unpaired) electrons. The Labute approximate surface area is 121 Å². The highest BCUT2D eigenvalue weighted by Gasteiger charge is 2.22. The monoisotopic (exact) mass is 297 g/mol. The van der Waals surface area contributed by atoms with E-state index in [1.165, 1.54) is 18.2 Å². The van der Waals surface area contributed by atoms with E-state index in [-0.39, 0.29) is 23.3 Å². The van der Waals surface area contributed by atoms with Gasteiger partial charge in [0.2, 0.25) is 0 Å². The average molecular weight is 298 g/mol. The highest BCUT2D eigenvalue weighted by molar-refractivity contribution is 6.31. The first-order valence-corrected chi connectivity index (χ1v) is 6.69. The molecule has 6 nitrogen and oxygen atoms in total. The lowest BCUT2D eigenvalue weighted by atomic mass is 10.1. The van der Waals surface area contributed by atoms with Crippen molar-refractivity contribution in [2.75, 3.05) is 18.4 Å². The van der Waals surface area contributed by atoms with Crippen molar-refractivity contribution in [1.82, 2.24) is 4.90 Å². The molecule has 1 fully saturated rings. The summed E-state index contributed by atoms with van der Waals surface area (Å²) in [4.78, 5) is 24.8. The predicted octanol–water partition coefficient (Wildman–Crippen LogP) is 1.99. The van der Waals surface area contributed by atoms with Crippen LogP contribution in [0.5, 0.6) is 0 Å². The van der Waals surface area contributed by atoms with Gasteiger partial charge in [-0.2, -0.15) is 0 Å². The summed E-state index contributed by atoms with van der Waals surface area (Å²) in [5, 5.41) is 12.0. The second kappa shape index (κ2) is 6.11. The third kappa shape index (κ3) is 3.40. The van der Waals surface area contributed by atoms with E-state index in [0.29, 0.717) is 18.1 Å². The van der Waals surface area contributed by atoms with Gasteiger partial charge in [0.1, 0.15) is 0 Å². The largest absolute Gasteiger partial charge is 0.478 e. The minimum Gasteiger partial charge on any atom is -0.478 e. The first-order chi connectivity index (χ1) is 9.47. The van der Waals surface area contributed by atoms with Crippen LogP contribution < -0.4 is 11.1 Å². The topological polar surface area (TPSA) is 95.7 Å². The number of nitrogens with zero attached hydrogens (tertiary/aromatic N) is 1. The van der Waals surface area contributed by atoms with Gasteiger partial charge in [0.15, 0.2) is 0 Å². The lowest BCUT2D eigenvalue weighted by Crippen LogP contribution is -2.44. The van der Waals surface area contributed by atoms with E-state index in [9.17, 15) is 9.59 Å². The van der Waals surface area contributed by atoms with Crippen LogP contribution in [0.25, 0.3) is 0 Å². The predicted molar refractivity (Wildman–Crippen MR) is 76.2 cm³/mol. The zero-order valence-corrected chi connectivity index (χ0v) is 11.6. The van der Waals surface area contributed by atoms with Crippen molar-refractivity contribution in [2.24, 2.45) is 5.73 Å². The van der Waals surface area contributed by atoms with Crippen molar-refractivity contribution in [3.63, 3.8) is 0 Å². The summed E-state index contributed by atoms with van der Waals surface area (Å²) in [6, 6.07) is 4.15. The number of hydrogen-bond donors (Lipinski definition) is 3. The van der Waals surface area contributed by atoms with Crippen molar-refractivity contribution < 1.29 is 14.7 Å². The Morgan fingerprint density at radius 2 is 2.00 bits per heavy atom. The van der Waals surface area contributed by atoms with Crippen molar-refractivity contribution in [1.29, 1.82) is 0 Å². The fraction of sp³-hybridized carbons (Fsp3) is 0.385. The van der Waals surface area contributed by atoms with Gasteiger partial charge in [-0.3, -0.25) is 0 Å². The number of carboxylic acids is 1. The van der Waals surface area contributed by atoms with E-state index >= 15 is 0 Å². The quantitative estimate of drug-likeness (QED) is 0.778. The molecule has 1 aromatic carbocycles. The normalized spacial score (nSPS) is 16.0. The Balaban J connectivity index is 2.10. The van der Waals surface area contributed by atoms with Crippen LogP contribution in [-0.4, -0.2) is 41.1 Å². The molecule has 0 saturated carbocycles. The van der Waals surface area contributed by atoms with Crippen LogP contribution in [0.1, 0.15) is 23.2 Å². The molecule has 20 heavy (non-hydrogen) atoms. The third-order valence-electron chi connectivity index (χ3n) is 3.28. The number of piperidine rings is 1. The molecule has 0 unspecified atom stereocenters. The molecule has 1 aliphatic heterocycles. The van der Waals surface area contributed by atoms with Crippen LogP contribution in [0.15, 0.2) is 18.2 Å². The molecule has 1 aromatic rings. The SMILES string of the molecule is NC1CCN(C(=O)Nc2ccc(Cl)cc2C(=O)O)CC1. The van der Waals surface area contributed by atoms with Crippen LogP contribution in [0.4, 0.5) is 10.5 Å². The standard InChI is InChI=1S/C13H16ClN3O3/c14-8-1-2-11(10(7-8)12(18)19)16-13(20)17-5-3-9(15)4-6-17/h1-2,7,9H,3-6,15H2,(H,16,20)(H,18,19). The molecule has 7 heteroatoms. The lowest BCUT2D eigenvalue weighted by Gasteiger charge is -2.30. The number of nitrogens with two attached hydrogens (primary N) is 1. The summed E-state index contributed by atoms with van der Waals surface area (Å²) in [6.45, 7) is 1.14. The van der Waals surface area contributed by atoms with Gasteiger partial charge < -0.3 is 21.1 Å². The Kier molecular flexibility index (Phi) is 4.46. The lowest BCUT2D eigenvalue weighted by molar-refractivity contribution is 0.0698. The summed E-state index contributed by atoms with van der Waals surface area (Å²) >= 11 is 5.76. The minimum atomic E-state index is -1.14. The number of carbonyl (C=O) groups excluding carboxylic acids is 1. The van der Waals surface area contributed by atoms with Crippen molar-refractivity contribution >= 4 is 29.3 Å². The van der Waals surface area contributed by atoms with Gasteiger partial charge in [0.25, 0.3) is 0 Å². The number of amides is 2. The highest BCUT2D eigenvalue weighted by Crippen LogP contribution is 2.21. The van der Waals surface area contributed by atoms with Crippen LogP contribution in [-0.2, 0) is 0 Å². The first-order valence-electron chi connectivity index (χ1n) is 6.31. The number of carboxylic acid groups (broad SMARTS) is 1. The van der Waals surface area contributed by atoms with Crippen molar-refractivity contribution in [3.8, 4) is 0 Å². The van der Waals surface area contributed by atoms with Crippen LogP contribution >= 0.6 is 11.6 Å². The van der Waals surface area contributed by atoms with Gasteiger partial charge in [-0.05, 0) is 31.0 Å². The van der Waals surface area contributed by atoms with Crippen LogP contribution in [0, 0.1) is 0 Å². The molecule has 0 aromatic heterocycles. The van der Waals surface area contributed by atoms with E-state index < -0.39 is 5.97 Å². The molecule has 0 atom stereocenters. The fourth-order valence-corrected chi connectivity index (χ4v) is 2.27. The van der Waals surface area contributed by atoms with E-state index in [1.807, 2.05) is 0 Å². The maximum atomic E-state index is 12.1. The summed E-state index contributed by atoms with van der Waals surface area (Å²) in [6.07, 6.45) is 1.50. The summed E-state index contributed by atoms with van der Waals surface area (Å²) in [5.41, 5.74) is 5.99. The molecule has 108 valence electrons. The number of halogens is 1. The van der Waals surface area contributed by atoms with Crippen molar-refractivity contribution in [3.05, 3.63) is 28.8 Å².